The highest BCUT2D eigenvalue weighted by Crippen LogP contribution is 2.34. The van der Waals surface area contributed by atoms with E-state index in [0.717, 1.165) is 23.1 Å². The number of hydrogen-bond donors (Lipinski definition) is 0. The summed E-state index contributed by atoms with van der Waals surface area (Å²) in [5, 5.41) is 11.1. The fourth-order valence-corrected chi connectivity index (χ4v) is 3.80. The molecule has 3 amide bonds. The van der Waals surface area contributed by atoms with Crippen LogP contribution in [-0.2, 0) is 9.59 Å². The van der Waals surface area contributed by atoms with Crippen molar-refractivity contribution < 1.29 is 23.7 Å². The minimum Gasteiger partial charge on any atom is -0.321 e. The van der Waals surface area contributed by atoms with Gasteiger partial charge in [0.25, 0.3) is 17.5 Å². The van der Waals surface area contributed by atoms with Crippen molar-refractivity contribution in [3.63, 3.8) is 0 Å². The molecule has 0 saturated carbocycles. The summed E-state index contributed by atoms with van der Waals surface area (Å²) in [5.74, 6) is -2.31. The lowest BCUT2D eigenvalue weighted by Gasteiger charge is -2.41. The number of anilines is 1. The maximum atomic E-state index is 13.5. The van der Waals surface area contributed by atoms with Gasteiger partial charge < -0.3 is 4.90 Å². The smallest absolute Gasteiger partial charge is 0.288 e. The number of amides is 3. The maximum absolute atomic E-state index is 13.5. The average molecular weight is 462 g/mol. The van der Waals surface area contributed by atoms with Crippen LogP contribution in [0.1, 0.15) is 44.0 Å². The summed E-state index contributed by atoms with van der Waals surface area (Å²) in [6, 6.07) is 7.42. The van der Waals surface area contributed by atoms with Gasteiger partial charge in [0.15, 0.2) is 0 Å². The van der Waals surface area contributed by atoms with Gasteiger partial charge in [0.05, 0.1) is 17.0 Å². The second-order valence-electron chi connectivity index (χ2n) is 8.03. The van der Waals surface area contributed by atoms with E-state index in [1.54, 1.807) is 13.8 Å². The normalized spacial score (nSPS) is 16.4. The second kappa shape index (κ2) is 8.66. The van der Waals surface area contributed by atoms with E-state index in [1.165, 1.54) is 29.2 Å². The summed E-state index contributed by atoms with van der Waals surface area (Å²) in [4.78, 5) is 52.3. The number of imide groups is 1. The van der Waals surface area contributed by atoms with Gasteiger partial charge in [-0.15, -0.1) is 0 Å². The van der Waals surface area contributed by atoms with Crippen LogP contribution >= 0.6 is 11.6 Å². The molecule has 1 aliphatic rings. The number of nitrogens with zero attached hydrogens (tertiary/aromatic N) is 3. The monoisotopic (exact) mass is 461 g/mol. The molecule has 8 nitrogen and oxygen atoms in total. The Balaban J connectivity index is 2.03. The fraction of sp³-hybridized carbons (Fsp3) is 0.318. The Morgan fingerprint density at radius 1 is 1.25 bits per heavy atom. The Kier molecular flexibility index (Phi) is 6.32. The van der Waals surface area contributed by atoms with Crippen LogP contribution in [0.4, 0.5) is 15.8 Å². The molecule has 1 saturated heterocycles. The lowest BCUT2D eigenvalue weighted by molar-refractivity contribution is -0.384. The number of carbonyl (C=O) groups is 3. The average Bonchev–Trinajstić information content (AvgIpc) is 3.02. The van der Waals surface area contributed by atoms with Crippen molar-refractivity contribution in [2.24, 2.45) is 0 Å². The number of hydrogen-bond acceptors (Lipinski definition) is 5. The number of carbonyl (C=O) groups excluding carboxylic acids is 3. The van der Waals surface area contributed by atoms with Crippen molar-refractivity contribution in [1.82, 2.24) is 4.90 Å². The minimum absolute atomic E-state index is 0.0249. The first-order chi connectivity index (χ1) is 15.0. The highest BCUT2D eigenvalue weighted by Gasteiger charge is 2.48. The number of benzene rings is 2. The third-order valence-corrected chi connectivity index (χ3v) is 5.96. The highest BCUT2D eigenvalue weighted by molar-refractivity contribution is 6.32. The second-order valence-corrected chi connectivity index (χ2v) is 8.44. The van der Waals surface area contributed by atoms with Gasteiger partial charge in [0, 0.05) is 17.2 Å². The molecule has 32 heavy (non-hydrogen) atoms. The molecule has 10 heteroatoms. The van der Waals surface area contributed by atoms with Crippen molar-refractivity contribution in [3.05, 3.63) is 69.0 Å². The molecular formula is C22H21ClFN3O5. The lowest BCUT2D eigenvalue weighted by Crippen LogP contribution is -2.55. The van der Waals surface area contributed by atoms with Crippen LogP contribution in [0.15, 0.2) is 42.5 Å². The van der Waals surface area contributed by atoms with Gasteiger partial charge in [0.2, 0.25) is 5.91 Å². The van der Waals surface area contributed by atoms with Gasteiger partial charge in [-0.25, -0.2) is 9.29 Å². The molecule has 1 unspecified atom stereocenters. The quantitative estimate of drug-likeness (QED) is 0.361. The van der Waals surface area contributed by atoms with E-state index < -0.39 is 45.7 Å². The zero-order valence-electron chi connectivity index (χ0n) is 17.7. The zero-order valence-corrected chi connectivity index (χ0v) is 18.4. The third kappa shape index (κ3) is 4.20. The Morgan fingerprint density at radius 3 is 2.44 bits per heavy atom. The summed E-state index contributed by atoms with van der Waals surface area (Å²) < 4.78 is 13.3. The van der Waals surface area contributed by atoms with E-state index >= 15 is 0 Å². The van der Waals surface area contributed by atoms with E-state index in [-0.39, 0.29) is 22.7 Å². The maximum Gasteiger partial charge on any atom is 0.288 e. The van der Waals surface area contributed by atoms with Gasteiger partial charge in [-0.1, -0.05) is 18.5 Å². The molecule has 1 aliphatic heterocycles. The molecule has 1 atom stereocenters. The zero-order chi connectivity index (χ0) is 23.8. The molecule has 0 aromatic heterocycles. The van der Waals surface area contributed by atoms with Crippen LogP contribution in [0.5, 0.6) is 0 Å². The minimum atomic E-state index is -1.12. The molecule has 2 aromatic rings. The molecule has 3 rings (SSSR count). The van der Waals surface area contributed by atoms with Crippen LogP contribution in [-0.4, -0.2) is 39.1 Å². The Labute approximate surface area is 188 Å². The van der Waals surface area contributed by atoms with Gasteiger partial charge >= 0.3 is 0 Å². The van der Waals surface area contributed by atoms with Crippen molar-refractivity contribution in [2.45, 2.75) is 45.2 Å². The molecule has 0 radical (unpaired) electrons. The molecule has 0 aliphatic carbocycles. The first-order valence-electron chi connectivity index (χ1n) is 9.88. The Morgan fingerprint density at radius 2 is 1.88 bits per heavy atom. The Bertz CT molecular complexity index is 1100. The summed E-state index contributed by atoms with van der Waals surface area (Å²) in [5.41, 5.74) is -1.12. The molecule has 1 fully saturated rings. The van der Waals surface area contributed by atoms with E-state index in [9.17, 15) is 28.9 Å². The Hall–Kier alpha value is -3.33. The van der Waals surface area contributed by atoms with E-state index in [2.05, 4.69) is 0 Å². The summed E-state index contributed by atoms with van der Waals surface area (Å²) in [6.07, 6.45) is 0.185. The van der Waals surface area contributed by atoms with Crippen molar-refractivity contribution >= 4 is 40.7 Å². The summed E-state index contributed by atoms with van der Waals surface area (Å²) in [6.45, 7) is 5.31. The largest absolute Gasteiger partial charge is 0.321 e. The van der Waals surface area contributed by atoms with E-state index in [1.807, 2.05) is 6.92 Å². The molecule has 1 heterocycles. The first-order valence-corrected chi connectivity index (χ1v) is 10.3. The van der Waals surface area contributed by atoms with Gasteiger partial charge in [0.1, 0.15) is 16.9 Å². The predicted molar refractivity (Wildman–Crippen MR) is 116 cm³/mol. The van der Waals surface area contributed by atoms with Crippen molar-refractivity contribution in [1.29, 1.82) is 0 Å². The highest BCUT2D eigenvalue weighted by atomic mass is 35.5. The van der Waals surface area contributed by atoms with Crippen LogP contribution in [0.2, 0.25) is 5.02 Å². The molecule has 0 N–H and O–H groups in total. The van der Waals surface area contributed by atoms with Gasteiger partial charge in [-0.2, -0.15) is 0 Å². The number of nitro groups is 1. The van der Waals surface area contributed by atoms with Gasteiger partial charge in [-0.3, -0.25) is 24.5 Å². The molecule has 2 aromatic carbocycles. The van der Waals surface area contributed by atoms with Crippen LogP contribution in [0, 0.1) is 15.9 Å². The van der Waals surface area contributed by atoms with Crippen LogP contribution in [0.25, 0.3) is 0 Å². The lowest BCUT2D eigenvalue weighted by atomic mass is 9.94. The predicted octanol–water partition coefficient (Wildman–Crippen LogP) is 4.35. The molecule has 168 valence electrons. The SMILES string of the molecule is CCC(C)(C)N(C(=O)c1ccc(Cl)c([N+](=O)[O-])c1)C1CC(=O)N(c2ccc(F)cc2)C1=O. The van der Waals surface area contributed by atoms with E-state index in [4.69, 9.17) is 11.6 Å². The van der Waals surface area contributed by atoms with Crippen LogP contribution in [0.3, 0.4) is 0 Å². The topological polar surface area (TPSA) is 101 Å². The van der Waals surface area contributed by atoms with Crippen molar-refractivity contribution in [2.75, 3.05) is 4.90 Å². The third-order valence-electron chi connectivity index (χ3n) is 5.65. The standard InChI is InChI=1S/C22H21ClFN3O5/c1-4-22(2,3)26(20(29)13-5-10-16(23)17(11-13)27(31)32)18-12-19(28)25(21(18)30)15-8-6-14(24)7-9-15/h5-11,18H,4,12H2,1-3H3. The number of nitro benzene ring substituents is 1. The number of halogens is 2. The first kappa shape index (κ1) is 23.3. The van der Waals surface area contributed by atoms with Crippen molar-refractivity contribution in [3.8, 4) is 0 Å². The van der Waals surface area contributed by atoms with Crippen LogP contribution < -0.4 is 4.90 Å². The summed E-state index contributed by atoms with van der Waals surface area (Å²) >= 11 is 5.86. The number of rotatable bonds is 6. The molecular weight excluding hydrogens is 441 g/mol. The van der Waals surface area contributed by atoms with Gasteiger partial charge in [-0.05, 0) is 56.7 Å². The molecule has 0 bridgehead atoms. The summed E-state index contributed by atoms with van der Waals surface area (Å²) in [7, 11) is 0. The molecule has 0 spiro atoms. The van der Waals surface area contributed by atoms with E-state index in [0.29, 0.717) is 6.42 Å². The fourth-order valence-electron chi connectivity index (χ4n) is 3.61.